The van der Waals surface area contributed by atoms with Gasteiger partial charge in [-0.3, -0.25) is 9.79 Å². The number of carbonyl (C=O) groups excluding carboxylic acids is 1. The van der Waals surface area contributed by atoms with E-state index in [1.165, 1.54) is 0 Å². The van der Waals surface area contributed by atoms with Crippen molar-refractivity contribution >= 4 is 13.8 Å². The molecular weight excluding hydrogens is 247 g/mol. The van der Waals surface area contributed by atoms with Gasteiger partial charge in [-0.05, 0) is 0 Å². The molecule has 0 fully saturated rings. The van der Waals surface area contributed by atoms with Crippen LogP contribution in [0.25, 0.3) is 0 Å². The highest BCUT2D eigenvalue weighted by atomic mass is 31.2. The average molecular weight is 256 g/mol. The zero-order chi connectivity index (χ0) is 12.5. The molecule has 0 bridgehead atoms. The number of aliphatic hydroxyl groups excluding tert-OH is 3. The van der Waals surface area contributed by atoms with Crippen LogP contribution in [0.4, 0.5) is 0 Å². The van der Waals surface area contributed by atoms with Gasteiger partial charge in [0.2, 0.25) is 0 Å². The van der Waals surface area contributed by atoms with E-state index in [1.54, 1.807) is 0 Å². The lowest BCUT2D eigenvalue weighted by atomic mass is 10.2. The molecule has 10 heteroatoms. The summed E-state index contributed by atoms with van der Waals surface area (Å²) in [6, 6.07) is 0. The van der Waals surface area contributed by atoms with E-state index >= 15 is 0 Å². The maximum absolute atomic E-state index is 11.0. The largest absolute Gasteiger partial charge is 0.525 e. The van der Waals surface area contributed by atoms with Crippen LogP contribution in [0.1, 0.15) is 0 Å². The molecule has 9 nitrogen and oxygen atoms in total. The number of phosphoric ester groups is 1. The molecular formula is C6H9O9P. The highest BCUT2D eigenvalue weighted by molar-refractivity contribution is 7.46. The van der Waals surface area contributed by atoms with Gasteiger partial charge in [0, 0.05) is 0 Å². The fraction of sp³-hybridized carbons (Fsp3) is 0.500. The molecule has 0 radical (unpaired) electrons. The van der Waals surface area contributed by atoms with Crippen LogP contribution >= 0.6 is 7.82 Å². The molecule has 0 amide bonds. The molecule has 0 saturated carbocycles. The zero-order valence-electron chi connectivity index (χ0n) is 7.68. The Morgan fingerprint density at radius 3 is 2.50 bits per heavy atom. The second-order valence-corrected chi connectivity index (χ2v) is 4.04. The average Bonchev–Trinajstić information content (AvgIpc) is 2.42. The molecule has 16 heavy (non-hydrogen) atoms. The molecule has 92 valence electrons. The minimum absolute atomic E-state index is 0.814. The van der Waals surface area contributed by atoms with Gasteiger partial charge in [-0.1, -0.05) is 0 Å². The second-order valence-electron chi connectivity index (χ2n) is 2.87. The van der Waals surface area contributed by atoms with Gasteiger partial charge in [-0.15, -0.1) is 0 Å². The van der Waals surface area contributed by atoms with Gasteiger partial charge in [-0.25, -0.2) is 9.36 Å². The smallest absolute Gasteiger partial charge is 0.505 e. The maximum Gasteiger partial charge on any atom is 0.525 e. The molecule has 2 atom stereocenters. The molecule has 1 aliphatic rings. The Balaban J connectivity index is 2.94. The summed E-state index contributed by atoms with van der Waals surface area (Å²) in [5, 5.41) is 26.9. The molecule has 1 heterocycles. The van der Waals surface area contributed by atoms with Crippen LogP contribution in [0.5, 0.6) is 0 Å². The van der Waals surface area contributed by atoms with Crippen LogP contribution in [0, 0.1) is 0 Å². The van der Waals surface area contributed by atoms with E-state index in [9.17, 15) is 14.5 Å². The van der Waals surface area contributed by atoms with Gasteiger partial charge in [0.25, 0.3) is 5.76 Å². The molecule has 0 aromatic rings. The number of esters is 1. The summed E-state index contributed by atoms with van der Waals surface area (Å²) in [5.41, 5.74) is 0. The Kier molecular flexibility index (Phi) is 3.56. The first-order chi connectivity index (χ1) is 7.26. The van der Waals surface area contributed by atoms with Gasteiger partial charge in [0.05, 0.1) is 6.61 Å². The van der Waals surface area contributed by atoms with E-state index in [1.807, 2.05) is 0 Å². The highest BCUT2D eigenvalue weighted by Gasteiger charge is 2.42. The van der Waals surface area contributed by atoms with Crippen LogP contribution < -0.4 is 0 Å². The number of hydrogen-bond donors (Lipinski definition) is 5. The van der Waals surface area contributed by atoms with Crippen LogP contribution in [0.2, 0.25) is 0 Å². The molecule has 0 spiro atoms. The van der Waals surface area contributed by atoms with E-state index in [0.29, 0.717) is 0 Å². The van der Waals surface area contributed by atoms with Gasteiger partial charge >= 0.3 is 13.8 Å². The fourth-order valence-electron chi connectivity index (χ4n) is 1.02. The molecule has 0 saturated heterocycles. The van der Waals surface area contributed by atoms with Crippen molar-refractivity contribution in [2.45, 2.75) is 12.2 Å². The number of cyclic esters (lactones) is 1. The molecule has 0 unspecified atom stereocenters. The third-order valence-corrected chi connectivity index (χ3v) is 2.09. The molecule has 1 rings (SSSR count). The predicted octanol–water partition coefficient (Wildman–Crippen LogP) is -1.86. The lowest BCUT2D eigenvalue weighted by molar-refractivity contribution is -0.147. The van der Waals surface area contributed by atoms with Gasteiger partial charge < -0.3 is 24.6 Å². The topological polar surface area (TPSA) is 154 Å². The predicted molar refractivity (Wildman–Crippen MR) is 45.8 cm³/mol. The van der Waals surface area contributed by atoms with Crippen molar-refractivity contribution in [2.75, 3.05) is 6.61 Å². The lowest BCUT2D eigenvalue weighted by Gasteiger charge is -2.13. The quantitative estimate of drug-likeness (QED) is 0.288. The van der Waals surface area contributed by atoms with Crippen molar-refractivity contribution in [3.05, 3.63) is 11.5 Å². The van der Waals surface area contributed by atoms with Crippen molar-refractivity contribution in [1.82, 2.24) is 0 Å². The minimum atomic E-state index is -5.02. The van der Waals surface area contributed by atoms with Crippen molar-refractivity contribution in [3.63, 3.8) is 0 Å². The fourth-order valence-corrected chi connectivity index (χ4v) is 1.42. The van der Waals surface area contributed by atoms with Crippen LogP contribution in [-0.2, 0) is 18.6 Å². The summed E-state index contributed by atoms with van der Waals surface area (Å²) in [4.78, 5) is 27.8. The Hall–Kier alpha value is -1.12. The van der Waals surface area contributed by atoms with E-state index in [4.69, 9.17) is 20.0 Å². The molecule has 0 aliphatic carbocycles. The van der Waals surface area contributed by atoms with Crippen LogP contribution in [0.3, 0.4) is 0 Å². The van der Waals surface area contributed by atoms with E-state index in [-0.39, 0.29) is 0 Å². The summed E-state index contributed by atoms with van der Waals surface area (Å²) in [7, 11) is -5.02. The second kappa shape index (κ2) is 4.40. The van der Waals surface area contributed by atoms with E-state index in [2.05, 4.69) is 9.26 Å². The minimum Gasteiger partial charge on any atom is -0.505 e. The summed E-state index contributed by atoms with van der Waals surface area (Å²) < 4.78 is 18.7. The van der Waals surface area contributed by atoms with E-state index in [0.717, 1.165) is 0 Å². The molecule has 0 aromatic carbocycles. The number of aliphatic hydroxyl groups is 3. The first kappa shape index (κ1) is 12.9. The van der Waals surface area contributed by atoms with Crippen molar-refractivity contribution in [3.8, 4) is 0 Å². The van der Waals surface area contributed by atoms with Crippen molar-refractivity contribution in [2.24, 2.45) is 0 Å². The standard InChI is InChI=1S/C6H9O9P/c7-1-2(8)4-3(9)5(6(10)14-4)15-16(11,12)13/h2,4,7-9H,1H2,(H2,11,12,13)/t2-,4+/m1/s1. The number of hydrogen-bond acceptors (Lipinski definition) is 7. The molecule has 1 aliphatic heterocycles. The normalized spacial score (nSPS) is 23.2. The summed E-state index contributed by atoms with van der Waals surface area (Å²) in [5.74, 6) is -3.39. The van der Waals surface area contributed by atoms with Crippen molar-refractivity contribution < 1.29 is 43.7 Å². The molecule has 5 N–H and O–H groups in total. The Morgan fingerprint density at radius 2 is 2.06 bits per heavy atom. The number of rotatable bonds is 4. The van der Waals surface area contributed by atoms with Gasteiger partial charge in [0.15, 0.2) is 11.9 Å². The maximum atomic E-state index is 11.0. The first-order valence-electron chi connectivity index (χ1n) is 3.94. The lowest BCUT2D eigenvalue weighted by Crippen LogP contribution is -2.31. The Labute approximate surface area is 88.8 Å². The first-order valence-corrected chi connectivity index (χ1v) is 5.47. The van der Waals surface area contributed by atoms with E-state index < -0.39 is 44.1 Å². The Morgan fingerprint density at radius 1 is 1.50 bits per heavy atom. The summed E-state index contributed by atoms with van der Waals surface area (Å²) >= 11 is 0. The number of ether oxygens (including phenoxy) is 1. The third-order valence-electron chi connectivity index (χ3n) is 1.67. The number of carbonyl (C=O) groups is 1. The van der Waals surface area contributed by atoms with Gasteiger partial charge in [-0.2, -0.15) is 0 Å². The van der Waals surface area contributed by atoms with Gasteiger partial charge in [0.1, 0.15) is 6.10 Å². The number of phosphoric acid groups is 1. The Bertz CT molecular complexity index is 368. The van der Waals surface area contributed by atoms with Crippen LogP contribution in [-0.4, -0.2) is 49.9 Å². The van der Waals surface area contributed by atoms with Crippen molar-refractivity contribution in [1.29, 1.82) is 0 Å². The highest BCUT2D eigenvalue weighted by Crippen LogP contribution is 2.42. The third kappa shape index (κ3) is 2.71. The van der Waals surface area contributed by atoms with Crippen LogP contribution in [0.15, 0.2) is 11.5 Å². The zero-order valence-corrected chi connectivity index (χ0v) is 8.57. The summed E-state index contributed by atoms with van der Waals surface area (Å²) in [6.45, 7) is -0.814. The molecule has 0 aromatic heterocycles. The summed E-state index contributed by atoms with van der Waals surface area (Å²) in [6.07, 6.45) is -3.21. The SMILES string of the molecule is O=C1O[C@@H]([C@H](O)CO)C(O)=C1OP(=O)(O)O. The monoisotopic (exact) mass is 256 g/mol.